The summed E-state index contributed by atoms with van der Waals surface area (Å²) >= 11 is 0. The number of rotatable bonds is 12. The second kappa shape index (κ2) is 13.2. The molecule has 3 N–H and O–H groups in total. The number of ether oxygens (including phenoxy) is 3. The van der Waals surface area contributed by atoms with Gasteiger partial charge in [0.25, 0.3) is 0 Å². The summed E-state index contributed by atoms with van der Waals surface area (Å²) in [6.45, 7) is 2.02. The maximum atomic E-state index is 14.7. The van der Waals surface area contributed by atoms with Crippen LogP contribution >= 0.6 is 0 Å². The predicted molar refractivity (Wildman–Crippen MR) is 167 cm³/mol. The highest BCUT2D eigenvalue weighted by Crippen LogP contribution is 2.45. The number of esters is 1. The van der Waals surface area contributed by atoms with Crippen molar-refractivity contribution in [2.75, 3.05) is 32.7 Å². The number of sulfone groups is 1. The largest absolute Gasteiger partial charge is 0.493 e. The van der Waals surface area contributed by atoms with E-state index in [-0.39, 0.29) is 30.0 Å². The average Bonchev–Trinajstić information content (AvgIpc) is 3.82. The van der Waals surface area contributed by atoms with Gasteiger partial charge in [0.1, 0.15) is 6.04 Å². The Hall–Kier alpha value is -4.58. The number of carbonyl (C=O) groups is 3. The van der Waals surface area contributed by atoms with Crippen LogP contribution in [0.4, 0.5) is 5.69 Å². The van der Waals surface area contributed by atoms with Crippen LogP contribution in [-0.2, 0) is 24.2 Å². The quantitative estimate of drug-likeness (QED) is 0.281. The summed E-state index contributed by atoms with van der Waals surface area (Å²) in [7, 11) is -0.684. The monoisotopic (exact) mass is 635 g/mol. The van der Waals surface area contributed by atoms with E-state index in [2.05, 4.69) is 5.32 Å². The highest BCUT2D eigenvalue weighted by atomic mass is 32.2. The summed E-state index contributed by atoms with van der Waals surface area (Å²) < 4.78 is 43.5. The molecule has 3 aromatic carbocycles. The first-order valence-electron chi connectivity index (χ1n) is 14.8. The molecule has 1 saturated carbocycles. The first kappa shape index (κ1) is 31.8. The molecule has 238 valence electrons. The topological polar surface area (TPSA) is 154 Å². The zero-order valence-corrected chi connectivity index (χ0v) is 26.2. The average molecular weight is 636 g/mol. The number of nitrogens with zero attached hydrogens (tertiary/aromatic N) is 1. The first-order valence-corrected chi connectivity index (χ1v) is 16.3. The van der Waals surface area contributed by atoms with E-state index in [0.29, 0.717) is 41.2 Å². The van der Waals surface area contributed by atoms with E-state index < -0.39 is 50.9 Å². The van der Waals surface area contributed by atoms with Crippen LogP contribution in [0.3, 0.4) is 0 Å². The maximum Gasteiger partial charge on any atom is 0.311 e. The van der Waals surface area contributed by atoms with Crippen molar-refractivity contribution in [2.45, 2.75) is 48.4 Å². The Morgan fingerprint density at radius 2 is 1.69 bits per heavy atom. The van der Waals surface area contributed by atoms with E-state index in [0.717, 1.165) is 0 Å². The molecule has 0 radical (unpaired) electrons. The third-order valence-electron chi connectivity index (χ3n) is 8.22. The molecule has 1 aliphatic heterocycles. The number of benzene rings is 3. The number of hydrogen-bond donors (Lipinski definition) is 2. The van der Waals surface area contributed by atoms with Crippen molar-refractivity contribution in [3.63, 3.8) is 0 Å². The van der Waals surface area contributed by atoms with Crippen LogP contribution < -0.4 is 20.5 Å². The van der Waals surface area contributed by atoms with E-state index in [1.807, 2.05) is 0 Å². The normalized spacial score (nSPS) is 18.6. The predicted octanol–water partition coefficient (Wildman–Crippen LogP) is 4.04. The summed E-state index contributed by atoms with van der Waals surface area (Å²) in [5, 5.41) is 2.76. The van der Waals surface area contributed by atoms with Gasteiger partial charge in [-0.15, -0.1) is 0 Å². The number of amides is 2. The van der Waals surface area contributed by atoms with Crippen LogP contribution in [-0.4, -0.2) is 63.7 Å². The van der Waals surface area contributed by atoms with Crippen molar-refractivity contribution < 1.29 is 37.0 Å². The molecule has 2 aliphatic rings. The number of hydrogen-bond acceptors (Lipinski definition) is 9. The van der Waals surface area contributed by atoms with Crippen molar-refractivity contribution in [2.24, 2.45) is 11.7 Å². The Balaban J connectivity index is 1.62. The lowest BCUT2D eigenvalue weighted by Gasteiger charge is -2.33. The Bertz CT molecular complexity index is 1710. The summed E-state index contributed by atoms with van der Waals surface area (Å²) in [4.78, 5) is 41.6. The van der Waals surface area contributed by atoms with Crippen LogP contribution in [0.15, 0.2) is 71.6 Å². The Morgan fingerprint density at radius 3 is 2.36 bits per heavy atom. The minimum atomic E-state index is -3.67. The molecule has 2 amide bonds. The van der Waals surface area contributed by atoms with E-state index >= 15 is 0 Å². The molecule has 0 aromatic heterocycles. The van der Waals surface area contributed by atoms with E-state index in [1.165, 1.54) is 14.2 Å². The van der Waals surface area contributed by atoms with Gasteiger partial charge in [-0.2, -0.15) is 0 Å². The summed E-state index contributed by atoms with van der Waals surface area (Å²) in [5.41, 5.74) is 7.11. The molecule has 12 heteroatoms. The van der Waals surface area contributed by atoms with Crippen LogP contribution in [0.25, 0.3) is 0 Å². The van der Waals surface area contributed by atoms with Crippen LogP contribution in [0.2, 0.25) is 0 Å². The first-order chi connectivity index (χ1) is 21.6. The van der Waals surface area contributed by atoms with Crippen molar-refractivity contribution in [1.29, 1.82) is 0 Å². The number of carbonyl (C=O) groups excluding carboxylic acids is 3. The second-order valence-electron chi connectivity index (χ2n) is 11.0. The third kappa shape index (κ3) is 6.46. The van der Waals surface area contributed by atoms with Crippen LogP contribution in [0.1, 0.15) is 59.8 Å². The van der Waals surface area contributed by atoms with Gasteiger partial charge in [-0.1, -0.05) is 30.3 Å². The third-order valence-corrected chi connectivity index (χ3v) is 10.6. The molecule has 1 heterocycles. The summed E-state index contributed by atoms with van der Waals surface area (Å²) in [6.07, 6.45) is 1.42. The fraction of sp³-hybridized carbons (Fsp3) is 0.364. The highest BCUT2D eigenvalue weighted by molar-refractivity contribution is 7.92. The minimum Gasteiger partial charge on any atom is -0.493 e. The van der Waals surface area contributed by atoms with E-state index in [4.69, 9.17) is 19.9 Å². The molecule has 5 rings (SSSR count). The lowest BCUT2D eigenvalue weighted by atomic mass is 9.93. The van der Waals surface area contributed by atoms with Crippen molar-refractivity contribution in [1.82, 2.24) is 4.90 Å². The summed E-state index contributed by atoms with van der Waals surface area (Å²) in [5.74, 6) is -1.47. The summed E-state index contributed by atoms with van der Waals surface area (Å²) in [6, 6.07) is 16.2. The lowest BCUT2D eigenvalue weighted by Crippen LogP contribution is -2.40. The van der Waals surface area contributed by atoms with Gasteiger partial charge in [0, 0.05) is 17.8 Å². The van der Waals surface area contributed by atoms with Gasteiger partial charge in [-0.3, -0.25) is 14.4 Å². The van der Waals surface area contributed by atoms with Gasteiger partial charge >= 0.3 is 5.97 Å². The zero-order valence-electron chi connectivity index (χ0n) is 25.4. The molecular weight excluding hydrogens is 598 g/mol. The van der Waals surface area contributed by atoms with Gasteiger partial charge in [0.2, 0.25) is 11.8 Å². The minimum absolute atomic E-state index is 0.122. The fourth-order valence-corrected chi connectivity index (χ4v) is 7.78. The van der Waals surface area contributed by atoms with Gasteiger partial charge in [0.15, 0.2) is 21.3 Å². The molecular formula is C33H37N3O8S. The fourth-order valence-electron chi connectivity index (χ4n) is 5.88. The van der Waals surface area contributed by atoms with Crippen molar-refractivity contribution in [3.8, 4) is 11.5 Å². The number of nitrogens with one attached hydrogen (secondary N) is 1. The maximum absolute atomic E-state index is 14.7. The molecule has 1 aliphatic carbocycles. The van der Waals surface area contributed by atoms with E-state index in [9.17, 15) is 22.8 Å². The Labute approximate surface area is 262 Å². The second-order valence-corrected chi connectivity index (χ2v) is 13.2. The molecule has 1 saturated heterocycles. The number of methoxy groups -OCH3 is 2. The van der Waals surface area contributed by atoms with Crippen LogP contribution in [0.5, 0.6) is 11.5 Å². The SMILES string of the molecule is CCOC(=O)[C@H]1CCN(C(=O)C(Nc2cccc(C(N)=O)c2)c2ccc(OC)c(OC)c2)[C@H]1c1ccccc1S(=O)(=O)C1CC1. The van der Waals surface area contributed by atoms with Crippen LogP contribution in [0, 0.1) is 5.92 Å². The van der Waals surface area contributed by atoms with Gasteiger partial charge < -0.3 is 30.2 Å². The number of anilines is 1. The Morgan fingerprint density at radius 1 is 0.956 bits per heavy atom. The van der Waals surface area contributed by atoms with Gasteiger partial charge in [-0.05, 0) is 73.7 Å². The van der Waals surface area contributed by atoms with Gasteiger partial charge in [0.05, 0.1) is 42.9 Å². The molecule has 0 spiro atoms. The van der Waals surface area contributed by atoms with Crippen molar-refractivity contribution in [3.05, 3.63) is 83.4 Å². The number of nitrogens with two attached hydrogens (primary N) is 1. The molecule has 45 heavy (non-hydrogen) atoms. The molecule has 3 aromatic rings. The Kier molecular flexibility index (Phi) is 9.33. The van der Waals surface area contributed by atoms with Crippen molar-refractivity contribution >= 4 is 33.3 Å². The lowest BCUT2D eigenvalue weighted by molar-refractivity contribution is -0.149. The molecule has 3 atom stereocenters. The zero-order chi connectivity index (χ0) is 32.3. The molecule has 0 bridgehead atoms. The standard InChI is InChI=1S/C33H37N3O8S/c1-4-44-33(39)25-16-17-36(30(25)24-10-5-6-11-28(24)45(40,41)23-13-14-23)32(38)29(20-12-15-26(42-2)27(19-20)43-3)35-22-9-7-8-21(18-22)31(34)37/h5-12,15,18-19,23,25,29-30,35H,4,13-14,16-17H2,1-3H3,(H2,34,37)/t25-,29?,30-/m0/s1. The number of primary amides is 1. The molecule has 2 fully saturated rings. The van der Waals surface area contributed by atoms with E-state index in [1.54, 1.807) is 78.6 Å². The smallest absolute Gasteiger partial charge is 0.311 e. The number of likely N-dealkylation sites (tertiary alicyclic amines) is 1. The molecule has 1 unspecified atom stereocenters. The van der Waals surface area contributed by atoms with Gasteiger partial charge in [-0.25, -0.2) is 8.42 Å². The highest BCUT2D eigenvalue weighted by Gasteiger charge is 2.48. The molecule has 11 nitrogen and oxygen atoms in total.